The van der Waals surface area contributed by atoms with Crippen molar-refractivity contribution in [1.29, 1.82) is 0 Å². The molecule has 112 valence electrons. The molecule has 0 N–H and O–H groups in total. The lowest BCUT2D eigenvalue weighted by Crippen LogP contribution is -2.38. The quantitative estimate of drug-likeness (QED) is 0.845. The minimum Gasteiger partial charge on any atom is -0.299 e. The summed E-state index contributed by atoms with van der Waals surface area (Å²) in [7, 11) is 2.22. The van der Waals surface area contributed by atoms with Crippen LogP contribution in [0.15, 0.2) is 24.3 Å². The van der Waals surface area contributed by atoms with Gasteiger partial charge in [-0.1, -0.05) is 12.1 Å². The third-order valence-corrected chi connectivity index (χ3v) is 6.06. The van der Waals surface area contributed by atoms with Crippen molar-refractivity contribution in [2.24, 2.45) is 5.92 Å². The largest absolute Gasteiger partial charge is 0.299 e. The van der Waals surface area contributed by atoms with Gasteiger partial charge in [0.05, 0.1) is 16.8 Å². The Labute approximate surface area is 130 Å². The van der Waals surface area contributed by atoms with E-state index in [1.165, 1.54) is 42.1 Å². The number of piperidine rings is 1. The number of hydrogen-bond donors (Lipinski definition) is 0. The minimum atomic E-state index is 0.894. The predicted octanol–water partition coefficient (Wildman–Crippen LogP) is 3.21. The monoisotopic (exact) mass is 301 g/mol. The van der Waals surface area contributed by atoms with Crippen LogP contribution in [-0.2, 0) is 6.54 Å². The Morgan fingerprint density at radius 3 is 3.00 bits per heavy atom. The molecule has 4 heteroatoms. The lowest BCUT2D eigenvalue weighted by molar-refractivity contribution is 0.182. The number of para-hydroxylation sites is 1. The van der Waals surface area contributed by atoms with E-state index in [4.69, 9.17) is 4.98 Å². The van der Waals surface area contributed by atoms with E-state index < -0.39 is 0 Å². The molecule has 0 spiro atoms. The molecule has 2 fully saturated rings. The Hall–Kier alpha value is -0.970. The van der Waals surface area contributed by atoms with Crippen LogP contribution in [0.4, 0.5) is 0 Å². The molecule has 2 aromatic rings. The molecule has 0 amide bonds. The summed E-state index contributed by atoms with van der Waals surface area (Å²) in [6, 6.07) is 9.33. The zero-order valence-corrected chi connectivity index (χ0v) is 13.5. The summed E-state index contributed by atoms with van der Waals surface area (Å²) in [6.45, 7) is 4.70. The molecule has 2 bridgehead atoms. The number of benzene rings is 1. The number of thiazole rings is 1. The van der Waals surface area contributed by atoms with Gasteiger partial charge in [-0.05, 0) is 44.4 Å². The second kappa shape index (κ2) is 5.67. The van der Waals surface area contributed by atoms with Gasteiger partial charge in [-0.25, -0.2) is 4.98 Å². The molecular formula is C17H23N3S. The number of nitrogens with zero attached hydrogens (tertiary/aromatic N) is 3. The Kier molecular flexibility index (Phi) is 3.69. The van der Waals surface area contributed by atoms with Crippen molar-refractivity contribution in [2.75, 3.05) is 26.7 Å². The molecule has 1 aliphatic carbocycles. The van der Waals surface area contributed by atoms with E-state index in [1.807, 2.05) is 11.3 Å². The highest BCUT2D eigenvalue weighted by Crippen LogP contribution is 2.36. The predicted molar refractivity (Wildman–Crippen MR) is 88.7 cm³/mol. The summed E-state index contributed by atoms with van der Waals surface area (Å²) in [5.74, 6) is 1.00. The lowest BCUT2D eigenvalue weighted by Gasteiger charge is -2.28. The summed E-state index contributed by atoms with van der Waals surface area (Å²) in [4.78, 5) is 9.87. The van der Waals surface area contributed by atoms with Crippen molar-refractivity contribution in [3.63, 3.8) is 0 Å². The summed E-state index contributed by atoms with van der Waals surface area (Å²) in [5.41, 5.74) is 1.14. The Balaban J connectivity index is 1.32. The zero-order valence-electron chi connectivity index (χ0n) is 12.7. The van der Waals surface area contributed by atoms with E-state index in [9.17, 15) is 0 Å². The second-order valence-electron chi connectivity index (χ2n) is 6.64. The number of likely N-dealkylation sites (tertiary alicyclic amines) is 1. The van der Waals surface area contributed by atoms with Crippen LogP contribution in [0.3, 0.4) is 0 Å². The number of rotatable bonds is 5. The van der Waals surface area contributed by atoms with Crippen LogP contribution in [0.5, 0.6) is 0 Å². The number of likely N-dealkylation sites (N-methyl/N-ethyl adjacent to an activating group) is 1. The van der Waals surface area contributed by atoms with Crippen molar-refractivity contribution in [2.45, 2.75) is 31.8 Å². The lowest BCUT2D eigenvalue weighted by atomic mass is 10.1. The average molecular weight is 301 g/mol. The van der Waals surface area contributed by atoms with Crippen LogP contribution in [0.1, 0.15) is 24.3 Å². The fraction of sp³-hybridized carbons (Fsp3) is 0.588. The van der Waals surface area contributed by atoms with Crippen LogP contribution in [0, 0.1) is 5.92 Å². The average Bonchev–Trinajstić information content (AvgIpc) is 3.19. The van der Waals surface area contributed by atoms with E-state index in [1.54, 1.807) is 0 Å². The van der Waals surface area contributed by atoms with Gasteiger partial charge in [0.25, 0.3) is 0 Å². The van der Waals surface area contributed by atoms with Gasteiger partial charge in [-0.15, -0.1) is 11.3 Å². The van der Waals surface area contributed by atoms with Gasteiger partial charge < -0.3 is 0 Å². The maximum atomic E-state index is 4.73. The van der Waals surface area contributed by atoms with Gasteiger partial charge in [0, 0.05) is 25.7 Å². The third-order valence-electron chi connectivity index (χ3n) is 5.03. The van der Waals surface area contributed by atoms with Crippen LogP contribution in [0.25, 0.3) is 10.2 Å². The molecule has 0 unspecified atom stereocenters. The molecule has 0 radical (unpaired) electrons. The Morgan fingerprint density at radius 1 is 1.33 bits per heavy atom. The van der Waals surface area contributed by atoms with E-state index >= 15 is 0 Å². The van der Waals surface area contributed by atoms with Crippen LogP contribution < -0.4 is 0 Å². The van der Waals surface area contributed by atoms with Gasteiger partial charge in [0.2, 0.25) is 0 Å². The maximum Gasteiger partial charge on any atom is 0.108 e. The van der Waals surface area contributed by atoms with Crippen molar-refractivity contribution >= 4 is 21.6 Å². The van der Waals surface area contributed by atoms with Crippen LogP contribution >= 0.6 is 11.3 Å². The standard InChI is InChI=1S/C17H23N3S/c1-19(8-9-20-11-13-6-7-14(20)10-13)12-17-18-15-4-2-3-5-16(15)21-17/h2-5,13-14H,6-12H2,1H3/t13-,14+/m0/s1. The topological polar surface area (TPSA) is 19.4 Å². The molecule has 4 rings (SSSR count). The summed E-state index contributed by atoms with van der Waals surface area (Å²) in [6.07, 6.45) is 4.37. The maximum absolute atomic E-state index is 4.73. The van der Waals surface area contributed by atoms with Gasteiger partial charge in [0.1, 0.15) is 5.01 Å². The Bertz CT molecular complexity index is 590. The molecule has 3 nitrogen and oxygen atoms in total. The van der Waals surface area contributed by atoms with Crippen LogP contribution in [-0.4, -0.2) is 47.5 Å². The molecule has 1 aliphatic heterocycles. The molecular weight excluding hydrogens is 278 g/mol. The highest BCUT2D eigenvalue weighted by atomic mass is 32.1. The van der Waals surface area contributed by atoms with Crippen molar-refractivity contribution in [3.05, 3.63) is 29.3 Å². The van der Waals surface area contributed by atoms with Crippen molar-refractivity contribution in [1.82, 2.24) is 14.8 Å². The normalized spacial score (nSPS) is 25.4. The molecule has 21 heavy (non-hydrogen) atoms. The van der Waals surface area contributed by atoms with Crippen molar-refractivity contribution < 1.29 is 0 Å². The van der Waals surface area contributed by atoms with E-state index in [0.29, 0.717) is 0 Å². The van der Waals surface area contributed by atoms with Gasteiger partial charge in [-0.3, -0.25) is 9.80 Å². The second-order valence-corrected chi connectivity index (χ2v) is 7.76. The molecule has 1 aromatic heterocycles. The first-order valence-corrected chi connectivity index (χ1v) is 8.86. The smallest absolute Gasteiger partial charge is 0.108 e. The molecule has 2 atom stereocenters. The molecule has 2 aliphatic rings. The van der Waals surface area contributed by atoms with E-state index in [0.717, 1.165) is 30.6 Å². The zero-order chi connectivity index (χ0) is 14.2. The number of aromatic nitrogens is 1. The summed E-state index contributed by atoms with van der Waals surface area (Å²) >= 11 is 1.83. The molecule has 1 saturated carbocycles. The first kappa shape index (κ1) is 13.7. The first-order valence-electron chi connectivity index (χ1n) is 8.05. The summed E-state index contributed by atoms with van der Waals surface area (Å²) < 4.78 is 1.30. The molecule has 2 heterocycles. The van der Waals surface area contributed by atoms with Crippen molar-refractivity contribution in [3.8, 4) is 0 Å². The SMILES string of the molecule is CN(CCN1C[C@H]2CC[C@@H]1C2)Cc1nc2ccccc2s1. The molecule has 1 aromatic carbocycles. The minimum absolute atomic E-state index is 0.894. The van der Waals surface area contributed by atoms with E-state index in [2.05, 4.69) is 41.1 Å². The number of hydrogen-bond acceptors (Lipinski definition) is 4. The van der Waals surface area contributed by atoms with E-state index in [-0.39, 0.29) is 0 Å². The highest BCUT2D eigenvalue weighted by molar-refractivity contribution is 7.18. The van der Waals surface area contributed by atoms with Gasteiger partial charge in [0.15, 0.2) is 0 Å². The first-order chi connectivity index (χ1) is 10.3. The summed E-state index contributed by atoms with van der Waals surface area (Å²) in [5, 5.41) is 1.24. The fourth-order valence-electron chi connectivity index (χ4n) is 3.90. The Morgan fingerprint density at radius 2 is 2.24 bits per heavy atom. The fourth-order valence-corrected chi connectivity index (χ4v) is 4.94. The third kappa shape index (κ3) is 2.85. The number of fused-ring (bicyclic) bond motifs is 3. The highest BCUT2D eigenvalue weighted by Gasteiger charge is 2.37. The van der Waals surface area contributed by atoms with Gasteiger partial charge >= 0.3 is 0 Å². The molecule has 1 saturated heterocycles. The van der Waals surface area contributed by atoms with Crippen LogP contribution in [0.2, 0.25) is 0 Å². The van der Waals surface area contributed by atoms with Gasteiger partial charge in [-0.2, -0.15) is 0 Å².